The molecule has 0 aliphatic rings. The highest BCUT2D eigenvalue weighted by molar-refractivity contribution is 5.78. The lowest BCUT2D eigenvalue weighted by Crippen LogP contribution is -2.01. The summed E-state index contributed by atoms with van der Waals surface area (Å²) in [5.41, 5.74) is 1.22. The van der Waals surface area contributed by atoms with Crippen molar-refractivity contribution in [3.8, 4) is 5.75 Å². The van der Waals surface area contributed by atoms with Crippen molar-refractivity contribution in [1.29, 1.82) is 0 Å². The Morgan fingerprint density at radius 1 is 1.47 bits per heavy atom. The molecule has 1 aromatic carbocycles. The quantitative estimate of drug-likeness (QED) is 0.763. The van der Waals surface area contributed by atoms with Crippen LogP contribution in [-0.4, -0.2) is 12.9 Å². The van der Waals surface area contributed by atoms with Crippen LogP contribution in [0.4, 0.5) is 4.39 Å². The van der Waals surface area contributed by atoms with Gasteiger partial charge in [-0.2, -0.15) is 0 Å². The fraction of sp³-hybridized carbons (Fsp3) is 0.417. The van der Waals surface area contributed by atoms with Crippen LogP contribution >= 0.6 is 0 Å². The Balaban J connectivity index is 3.13. The summed E-state index contributed by atoms with van der Waals surface area (Å²) in [6.45, 7) is 3.35. The molecule has 0 saturated carbocycles. The van der Waals surface area contributed by atoms with E-state index in [1.54, 1.807) is 6.07 Å². The molecule has 2 nitrogen and oxygen atoms in total. The minimum absolute atomic E-state index is 0.0145. The zero-order chi connectivity index (χ0) is 11.4. The number of benzene rings is 1. The van der Waals surface area contributed by atoms with E-state index in [2.05, 4.69) is 0 Å². The predicted octanol–water partition coefficient (Wildman–Crippen LogP) is 2.53. The number of halogens is 1. The number of hydrogen-bond acceptors (Lipinski definition) is 2. The van der Waals surface area contributed by atoms with Crippen LogP contribution in [0, 0.1) is 5.82 Å². The number of carbonyl (C=O) groups is 1. The molecular weight excluding hydrogens is 195 g/mol. The van der Waals surface area contributed by atoms with Gasteiger partial charge in [0.25, 0.3) is 0 Å². The molecule has 0 aliphatic heterocycles. The van der Waals surface area contributed by atoms with Gasteiger partial charge in [-0.15, -0.1) is 0 Å². The maximum Gasteiger partial charge on any atom is 0.134 e. The molecule has 0 saturated heterocycles. The Kier molecular flexibility index (Phi) is 3.83. The van der Waals surface area contributed by atoms with Gasteiger partial charge in [0.15, 0.2) is 0 Å². The van der Waals surface area contributed by atoms with Crippen LogP contribution < -0.4 is 4.74 Å². The highest BCUT2D eigenvalue weighted by Crippen LogP contribution is 2.24. The van der Waals surface area contributed by atoms with E-state index in [1.165, 1.54) is 20.1 Å². The van der Waals surface area contributed by atoms with Crippen molar-refractivity contribution < 1.29 is 13.9 Å². The number of ketones is 1. The molecule has 3 heteroatoms. The minimum Gasteiger partial charge on any atom is -0.496 e. The summed E-state index contributed by atoms with van der Waals surface area (Å²) >= 11 is 0. The molecule has 1 aromatic rings. The smallest absolute Gasteiger partial charge is 0.134 e. The molecule has 0 fully saturated rings. The summed E-state index contributed by atoms with van der Waals surface area (Å²) in [7, 11) is 1.51. The number of ether oxygens (including phenoxy) is 1. The average molecular weight is 210 g/mol. The Morgan fingerprint density at radius 2 is 2.13 bits per heavy atom. The standard InChI is InChI=1S/C12H15FO2/c1-4-10-11(13)6-9(5-8(2)14)7-12(10)15-3/h6-7H,4-5H2,1-3H3. The van der Waals surface area contributed by atoms with Gasteiger partial charge in [-0.1, -0.05) is 6.92 Å². The number of rotatable bonds is 4. The molecule has 0 heterocycles. The van der Waals surface area contributed by atoms with Gasteiger partial charge in [0.05, 0.1) is 7.11 Å². The summed E-state index contributed by atoms with van der Waals surface area (Å²) in [6, 6.07) is 3.13. The predicted molar refractivity (Wildman–Crippen MR) is 56.7 cm³/mol. The molecule has 82 valence electrons. The summed E-state index contributed by atoms with van der Waals surface area (Å²) in [4.78, 5) is 10.9. The SMILES string of the molecule is CCc1c(F)cc(CC(C)=O)cc1OC. The second kappa shape index (κ2) is 4.91. The highest BCUT2D eigenvalue weighted by Gasteiger charge is 2.10. The van der Waals surface area contributed by atoms with E-state index >= 15 is 0 Å². The molecular formula is C12H15FO2. The molecule has 15 heavy (non-hydrogen) atoms. The van der Waals surface area contributed by atoms with Crippen LogP contribution in [0.15, 0.2) is 12.1 Å². The van der Waals surface area contributed by atoms with Crippen LogP contribution in [0.25, 0.3) is 0 Å². The molecule has 0 N–H and O–H groups in total. The largest absolute Gasteiger partial charge is 0.496 e. The van der Waals surface area contributed by atoms with Crippen molar-refractivity contribution >= 4 is 5.78 Å². The average Bonchev–Trinajstić information content (AvgIpc) is 2.15. The number of carbonyl (C=O) groups excluding carboxylic acids is 1. The fourth-order valence-electron chi connectivity index (χ4n) is 1.58. The van der Waals surface area contributed by atoms with E-state index in [0.29, 0.717) is 23.3 Å². The fourth-order valence-corrected chi connectivity index (χ4v) is 1.58. The molecule has 0 atom stereocenters. The van der Waals surface area contributed by atoms with Crippen LogP contribution in [0.2, 0.25) is 0 Å². The van der Waals surface area contributed by atoms with Gasteiger partial charge < -0.3 is 4.74 Å². The van der Waals surface area contributed by atoms with Gasteiger partial charge in [-0.3, -0.25) is 4.79 Å². The Morgan fingerprint density at radius 3 is 2.60 bits per heavy atom. The van der Waals surface area contributed by atoms with Crippen LogP contribution in [0.5, 0.6) is 5.75 Å². The monoisotopic (exact) mass is 210 g/mol. The molecule has 0 amide bonds. The molecule has 0 radical (unpaired) electrons. The van der Waals surface area contributed by atoms with Crippen LogP contribution in [0.3, 0.4) is 0 Å². The number of methoxy groups -OCH3 is 1. The zero-order valence-electron chi connectivity index (χ0n) is 9.26. The van der Waals surface area contributed by atoms with E-state index in [4.69, 9.17) is 4.74 Å². The van der Waals surface area contributed by atoms with E-state index < -0.39 is 0 Å². The first-order valence-electron chi connectivity index (χ1n) is 4.93. The van der Waals surface area contributed by atoms with Crippen molar-refractivity contribution in [1.82, 2.24) is 0 Å². The topological polar surface area (TPSA) is 26.3 Å². The first kappa shape index (κ1) is 11.7. The normalized spacial score (nSPS) is 10.1. The van der Waals surface area contributed by atoms with Crippen molar-refractivity contribution in [2.24, 2.45) is 0 Å². The van der Waals surface area contributed by atoms with E-state index in [-0.39, 0.29) is 18.0 Å². The first-order chi connectivity index (χ1) is 7.08. The summed E-state index contributed by atoms with van der Waals surface area (Å²) in [5, 5.41) is 0. The maximum absolute atomic E-state index is 13.6. The summed E-state index contributed by atoms with van der Waals surface area (Å²) in [6.07, 6.45) is 0.826. The molecule has 0 aliphatic carbocycles. The lowest BCUT2D eigenvalue weighted by Gasteiger charge is -2.10. The second-order valence-electron chi connectivity index (χ2n) is 3.49. The van der Waals surface area contributed by atoms with Crippen molar-refractivity contribution in [2.45, 2.75) is 26.7 Å². The lowest BCUT2D eigenvalue weighted by molar-refractivity contribution is -0.116. The molecule has 0 spiro atoms. The van der Waals surface area contributed by atoms with Crippen molar-refractivity contribution in [2.75, 3.05) is 7.11 Å². The summed E-state index contributed by atoms with van der Waals surface area (Å²) < 4.78 is 18.6. The third-order valence-electron chi connectivity index (χ3n) is 2.24. The minimum atomic E-state index is -0.298. The third-order valence-corrected chi connectivity index (χ3v) is 2.24. The Hall–Kier alpha value is -1.38. The second-order valence-corrected chi connectivity index (χ2v) is 3.49. The van der Waals surface area contributed by atoms with Gasteiger partial charge in [0.1, 0.15) is 17.3 Å². The maximum atomic E-state index is 13.6. The van der Waals surface area contributed by atoms with E-state index in [1.807, 2.05) is 6.92 Å². The van der Waals surface area contributed by atoms with Gasteiger partial charge in [-0.05, 0) is 31.0 Å². The summed E-state index contributed by atoms with van der Waals surface area (Å²) in [5.74, 6) is 0.238. The molecule has 0 unspecified atom stereocenters. The zero-order valence-corrected chi connectivity index (χ0v) is 9.26. The van der Waals surface area contributed by atoms with Gasteiger partial charge in [0, 0.05) is 12.0 Å². The number of Topliss-reactive ketones (excluding diaryl/α,β-unsaturated/α-hetero) is 1. The van der Waals surface area contributed by atoms with Gasteiger partial charge >= 0.3 is 0 Å². The Labute approximate surface area is 89.1 Å². The van der Waals surface area contributed by atoms with Crippen molar-refractivity contribution in [3.05, 3.63) is 29.1 Å². The lowest BCUT2D eigenvalue weighted by atomic mass is 10.0. The molecule has 0 aromatic heterocycles. The first-order valence-corrected chi connectivity index (χ1v) is 4.93. The highest BCUT2D eigenvalue weighted by atomic mass is 19.1. The van der Waals surface area contributed by atoms with Crippen molar-refractivity contribution in [3.63, 3.8) is 0 Å². The van der Waals surface area contributed by atoms with Crippen LogP contribution in [-0.2, 0) is 17.6 Å². The van der Waals surface area contributed by atoms with E-state index in [0.717, 1.165) is 0 Å². The molecule has 0 bridgehead atoms. The van der Waals surface area contributed by atoms with Gasteiger partial charge in [0.2, 0.25) is 0 Å². The van der Waals surface area contributed by atoms with Crippen LogP contribution in [0.1, 0.15) is 25.0 Å². The Bertz CT molecular complexity index is 372. The molecule has 1 rings (SSSR count). The van der Waals surface area contributed by atoms with E-state index in [9.17, 15) is 9.18 Å². The number of hydrogen-bond donors (Lipinski definition) is 0. The third kappa shape index (κ3) is 2.78. The van der Waals surface area contributed by atoms with Gasteiger partial charge in [-0.25, -0.2) is 4.39 Å².